The largest absolute Gasteiger partial charge is 0.289 e. The van der Waals surface area contributed by atoms with Crippen LogP contribution >= 0.6 is 0 Å². The normalized spacial score (nSPS) is 16.5. The maximum atomic E-state index is 10.4. The Labute approximate surface area is 46.5 Å². The van der Waals surface area contributed by atoms with Crippen LogP contribution in [0.5, 0.6) is 0 Å². The molecule has 0 heterocycles. The van der Waals surface area contributed by atoms with Gasteiger partial charge in [-0.1, -0.05) is 6.08 Å². The number of allylic oxidation sites excluding steroid dienone is 4. The molecule has 1 radical (unpaired) electrons. The minimum atomic E-state index is -0.250. The summed E-state index contributed by atoms with van der Waals surface area (Å²) in [5, 5.41) is 0. The number of carbonyl (C=O) groups excluding carboxylic acids is 2. The summed E-state index contributed by atoms with van der Waals surface area (Å²) in [6.45, 7) is 0. The lowest BCUT2D eigenvalue weighted by atomic mass is 10.2. The highest BCUT2D eigenvalue weighted by Crippen LogP contribution is 2.01. The second kappa shape index (κ2) is 1.74. The highest BCUT2D eigenvalue weighted by Gasteiger charge is 2.07. The zero-order chi connectivity index (χ0) is 5.98. The predicted octanol–water partition coefficient (Wildman–Crippen LogP) is 0.161. The van der Waals surface area contributed by atoms with Gasteiger partial charge in [-0.05, 0) is 12.2 Å². The third-order valence-corrected chi connectivity index (χ3v) is 0.886. The second-order valence-electron chi connectivity index (χ2n) is 1.41. The smallest absolute Gasteiger partial charge is 0.237 e. The molecule has 0 amide bonds. The fourth-order valence-electron chi connectivity index (χ4n) is 0.488. The van der Waals surface area contributed by atoms with Gasteiger partial charge in [0, 0.05) is 0 Å². The third-order valence-electron chi connectivity index (χ3n) is 0.886. The summed E-state index contributed by atoms with van der Waals surface area (Å²) in [5.41, 5.74) is 0.116. The van der Waals surface area contributed by atoms with Crippen LogP contribution in [-0.2, 0) is 9.59 Å². The van der Waals surface area contributed by atoms with Crippen LogP contribution in [0.25, 0.3) is 0 Å². The van der Waals surface area contributed by atoms with E-state index in [2.05, 4.69) is 0 Å². The molecule has 0 spiro atoms. The van der Waals surface area contributed by atoms with Gasteiger partial charge >= 0.3 is 0 Å². The molecule has 0 unspecified atom stereocenters. The van der Waals surface area contributed by atoms with Gasteiger partial charge in [0.1, 0.15) is 0 Å². The topological polar surface area (TPSA) is 34.1 Å². The fourth-order valence-corrected chi connectivity index (χ4v) is 0.488. The van der Waals surface area contributed by atoms with E-state index in [9.17, 15) is 9.59 Å². The van der Waals surface area contributed by atoms with E-state index in [-0.39, 0.29) is 11.4 Å². The van der Waals surface area contributed by atoms with Crippen molar-refractivity contribution in [2.45, 2.75) is 0 Å². The summed E-state index contributed by atoms with van der Waals surface area (Å²) in [5.74, 6) is -0.250. The third kappa shape index (κ3) is 0.601. The molecule has 2 heteroatoms. The van der Waals surface area contributed by atoms with Gasteiger partial charge in [0.2, 0.25) is 6.29 Å². The Kier molecular flexibility index (Phi) is 1.08. The highest BCUT2D eigenvalue weighted by atomic mass is 16.1. The molecule has 0 aromatic heterocycles. The molecule has 0 N–H and O–H groups in total. The van der Waals surface area contributed by atoms with E-state index in [4.69, 9.17) is 0 Å². The molecule has 0 aliphatic heterocycles. The van der Waals surface area contributed by atoms with Crippen LogP contribution in [-0.4, -0.2) is 12.1 Å². The average Bonchev–Trinajstić information content (AvgIpc) is 2.14. The van der Waals surface area contributed by atoms with Crippen LogP contribution in [0.4, 0.5) is 0 Å². The fraction of sp³-hybridized carbons (Fsp3) is 0. The van der Waals surface area contributed by atoms with E-state index in [1.807, 2.05) is 0 Å². The van der Waals surface area contributed by atoms with Gasteiger partial charge in [0.15, 0.2) is 5.78 Å². The lowest BCUT2D eigenvalue weighted by Gasteiger charge is -1.77. The van der Waals surface area contributed by atoms with Gasteiger partial charge in [0.25, 0.3) is 0 Å². The summed E-state index contributed by atoms with van der Waals surface area (Å²) >= 11 is 0. The van der Waals surface area contributed by atoms with E-state index in [1.165, 1.54) is 24.5 Å². The van der Waals surface area contributed by atoms with Crippen LogP contribution in [0.1, 0.15) is 0 Å². The first-order valence-electron chi connectivity index (χ1n) is 2.15. The molecule has 0 bridgehead atoms. The number of ketones is 1. The summed E-state index contributed by atoms with van der Waals surface area (Å²) in [6, 6.07) is 0. The van der Waals surface area contributed by atoms with Crippen molar-refractivity contribution in [1.29, 1.82) is 0 Å². The molecule has 0 fully saturated rings. The van der Waals surface area contributed by atoms with E-state index in [0.717, 1.165) is 0 Å². The van der Waals surface area contributed by atoms with Crippen LogP contribution in [0.3, 0.4) is 0 Å². The SMILES string of the molecule is O=[C]C1=CC=CC1=O. The van der Waals surface area contributed by atoms with Gasteiger partial charge in [-0.2, -0.15) is 0 Å². The molecule has 8 heavy (non-hydrogen) atoms. The van der Waals surface area contributed by atoms with E-state index >= 15 is 0 Å². The molecule has 1 aliphatic rings. The van der Waals surface area contributed by atoms with Crippen molar-refractivity contribution >= 4 is 12.1 Å². The van der Waals surface area contributed by atoms with Crippen LogP contribution in [0.2, 0.25) is 0 Å². The first-order valence-corrected chi connectivity index (χ1v) is 2.15. The monoisotopic (exact) mass is 107 g/mol. The van der Waals surface area contributed by atoms with E-state index in [1.54, 1.807) is 0 Å². The average molecular weight is 107 g/mol. The maximum absolute atomic E-state index is 10.4. The Morgan fingerprint density at radius 1 is 1.50 bits per heavy atom. The molecule has 1 aliphatic carbocycles. The molecule has 0 saturated carbocycles. The van der Waals surface area contributed by atoms with Gasteiger partial charge in [-0.15, -0.1) is 0 Å². The summed E-state index contributed by atoms with van der Waals surface area (Å²) in [4.78, 5) is 20.2. The van der Waals surface area contributed by atoms with Crippen molar-refractivity contribution in [3.05, 3.63) is 23.8 Å². The van der Waals surface area contributed by atoms with Crippen molar-refractivity contribution in [2.75, 3.05) is 0 Å². The molecular formula is C6H3O2. The number of hydrogen-bond donors (Lipinski definition) is 0. The second-order valence-corrected chi connectivity index (χ2v) is 1.41. The van der Waals surface area contributed by atoms with Gasteiger partial charge in [-0.25, -0.2) is 0 Å². The van der Waals surface area contributed by atoms with E-state index < -0.39 is 0 Å². The van der Waals surface area contributed by atoms with E-state index in [0.29, 0.717) is 0 Å². The molecule has 39 valence electrons. The molecule has 1 rings (SSSR count). The van der Waals surface area contributed by atoms with Crippen LogP contribution in [0.15, 0.2) is 23.8 Å². The van der Waals surface area contributed by atoms with Gasteiger partial charge in [0.05, 0.1) is 5.57 Å². The Bertz CT molecular complexity index is 187. The van der Waals surface area contributed by atoms with Crippen LogP contribution < -0.4 is 0 Å². The first-order chi connectivity index (χ1) is 3.84. The van der Waals surface area contributed by atoms with Crippen LogP contribution in [0, 0.1) is 0 Å². The van der Waals surface area contributed by atoms with Crippen molar-refractivity contribution in [3.63, 3.8) is 0 Å². The van der Waals surface area contributed by atoms with Crippen molar-refractivity contribution in [1.82, 2.24) is 0 Å². The Morgan fingerprint density at radius 3 is 2.50 bits per heavy atom. The maximum Gasteiger partial charge on any atom is 0.237 e. The number of rotatable bonds is 1. The zero-order valence-electron chi connectivity index (χ0n) is 4.05. The summed E-state index contributed by atoms with van der Waals surface area (Å²) in [6.07, 6.45) is 5.82. The molecule has 0 atom stereocenters. The van der Waals surface area contributed by atoms with Gasteiger partial charge < -0.3 is 0 Å². The summed E-state index contributed by atoms with van der Waals surface area (Å²) < 4.78 is 0. The number of carbonyl (C=O) groups is 1. The van der Waals surface area contributed by atoms with Crippen molar-refractivity contribution < 1.29 is 9.59 Å². The minimum Gasteiger partial charge on any atom is -0.289 e. The zero-order valence-corrected chi connectivity index (χ0v) is 4.05. The van der Waals surface area contributed by atoms with Crippen molar-refractivity contribution in [2.24, 2.45) is 0 Å². The predicted molar refractivity (Wildman–Crippen MR) is 27.9 cm³/mol. The Balaban J connectivity index is 2.88. The molecule has 0 aromatic carbocycles. The number of hydrogen-bond acceptors (Lipinski definition) is 2. The molecule has 0 aromatic rings. The van der Waals surface area contributed by atoms with Gasteiger partial charge in [-0.3, -0.25) is 9.59 Å². The van der Waals surface area contributed by atoms with Crippen molar-refractivity contribution in [3.8, 4) is 0 Å². The first kappa shape index (κ1) is 4.97. The standard InChI is InChI=1S/C6H3O2/c7-4-5-2-1-3-6(5)8/h1-3H. The Hall–Kier alpha value is -1.18. The molecule has 0 saturated heterocycles. The lowest BCUT2D eigenvalue weighted by Crippen LogP contribution is -1.93. The molecule has 2 nitrogen and oxygen atoms in total. The Morgan fingerprint density at radius 2 is 2.25 bits per heavy atom. The highest BCUT2D eigenvalue weighted by molar-refractivity contribution is 6.19. The molecular weight excluding hydrogens is 104 g/mol. The minimum absolute atomic E-state index is 0.116. The quantitative estimate of drug-likeness (QED) is 0.447. The lowest BCUT2D eigenvalue weighted by molar-refractivity contribution is -0.110. The summed E-state index contributed by atoms with van der Waals surface area (Å²) in [7, 11) is 0.